The molecule has 2 N–H and O–H groups in total. The van der Waals surface area contributed by atoms with Gasteiger partial charge in [0.05, 0.1) is 24.6 Å². The maximum atomic E-state index is 5.61. The van der Waals surface area contributed by atoms with E-state index >= 15 is 0 Å². The molecular weight excluding hydrogens is 226 g/mol. The molecule has 0 atom stereocenters. The van der Waals surface area contributed by atoms with Gasteiger partial charge in [-0.25, -0.2) is 4.68 Å². The van der Waals surface area contributed by atoms with E-state index in [1.165, 1.54) is 17.0 Å². The van der Waals surface area contributed by atoms with Gasteiger partial charge >= 0.3 is 0 Å². The van der Waals surface area contributed by atoms with Gasteiger partial charge in [0.25, 0.3) is 0 Å². The highest BCUT2D eigenvalue weighted by Gasteiger charge is 2.18. The summed E-state index contributed by atoms with van der Waals surface area (Å²) in [6.45, 7) is 4.12. The summed E-state index contributed by atoms with van der Waals surface area (Å²) < 4.78 is 7.49. The van der Waals surface area contributed by atoms with Crippen molar-refractivity contribution >= 4 is 0 Å². The lowest BCUT2D eigenvalue weighted by molar-refractivity contribution is 0.110. The predicted molar refractivity (Wildman–Crippen MR) is 69.6 cm³/mol. The van der Waals surface area contributed by atoms with E-state index in [2.05, 4.69) is 24.2 Å². The molecule has 18 heavy (non-hydrogen) atoms. The first-order valence-corrected chi connectivity index (χ1v) is 6.24. The summed E-state index contributed by atoms with van der Waals surface area (Å²) in [6.07, 6.45) is 0.907. The maximum absolute atomic E-state index is 5.61. The first kappa shape index (κ1) is 11.4. The van der Waals surface area contributed by atoms with Crippen molar-refractivity contribution in [1.82, 2.24) is 9.78 Å². The average Bonchev–Trinajstić information content (AvgIpc) is 2.77. The van der Waals surface area contributed by atoms with Gasteiger partial charge in [0.1, 0.15) is 0 Å². The van der Waals surface area contributed by atoms with Crippen molar-refractivity contribution in [3.05, 3.63) is 46.8 Å². The molecule has 1 aliphatic heterocycles. The molecule has 0 radical (unpaired) electrons. The highest BCUT2D eigenvalue weighted by atomic mass is 16.5. The Hall–Kier alpha value is -1.65. The van der Waals surface area contributed by atoms with Gasteiger partial charge in [-0.3, -0.25) is 0 Å². The van der Waals surface area contributed by atoms with Gasteiger partial charge in [0.15, 0.2) is 0 Å². The van der Waals surface area contributed by atoms with Crippen LogP contribution >= 0.6 is 0 Å². The van der Waals surface area contributed by atoms with Crippen LogP contribution in [0, 0.1) is 6.92 Å². The molecule has 0 saturated carbocycles. The van der Waals surface area contributed by atoms with Crippen LogP contribution in [0.15, 0.2) is 24.3 Å². The molecule has 0 amide bonds. The zero-order chi connectivity index (χ0) is 12.5. The molecule has 94 valence electrons. The normalized spacial score (nSPS) is 14.6. The van der Waals surface area contributed by atoms with Crippen molar-refractivity contribution in [3.63, 3.8) is 0 Å². The van der Waals surface area contributed by atoms with E-state index in [1.807, 2.05) is 16.8 Å². The number of rotatable bonds is 2. The van der Waals surface area contributed by atoms with Gasteiger partial charge in [-0.1, -0.05) is 12.1 Å². The van der Waals surface area contributed by atoms with Crippen molar-refractivity contribution < 1.29 is 4.74 Å². The molecule has 2 aromatic rings. The molecule has 2 heterocycles. The molecule has 0 fully saturated rings. The van der Waals surface area contributed by atoms with Crippen LogP contribution in [0.1, 0.15) is 22.5 Å². The average molecular weight is 243 g/mol. The zero-order valence-electron chi connectivity index (χ0n) is 10.5. The molecular formula is C14H17N3O. The molecule has 0 bridgehead atoms. The van der Waals surface area contributed by atoms with Gasteiger partial charge < -0.3 is 10.5 Å². The van der Waals surface area contributed by atoms with E-state index in [0.717, 1.165) is 24.3 Å². The molecule has 4 heteroatoms. The molecule has 1 aromatic carbocycles. The second-order valence-corrected chi connectivity index (χ2v) is 4.60. The van der Waals surface area contributed by atoms with Gasteiger partial charge in [0.2, 0.25) is 0 Å². The largest absolute Gasteiger partial charge is 0.376 e. The molecule has 0 saturated heterocycles. The first-order chi connectivity index (χ1) is 8.79. The monoisotopic (exact) mass is 243 g/mol. The molecule has 0 spiro atoms. The third kappa shape index (κ3) is 1.83. The third-order valence-electron chi connectivity index (χ3n) is 3.47. The Kier molecular flexibility index (Phi) is 2.89. The molecule has 1 aromatic heterocycles. The van der Waals surface area contributed by atoms with Crippen molar-refractivity contribution in [2.75, 3.05) is 6.61 Å². The number of ether oxygens (including phenoxy) is 1. The van der Waals surface area contributed by atoms with Crippen LogP contribution in [-0.2, 0) is 24.3 Å². The van der Waals surface area contributed by atoms with Gasteiger partial charge in [-0.2, -0.15) is 5.10 Å². The highest BCUT2D eigenvalue weighted by molar-refractivity contribution is 5.39. The van der Waals surface area contributed by atoms with Crippen molar-refractivity contribution in [1.29, 1.82) is 0 Å². The number of fused-ring (bicyclic) bond motifs is 1. The lowest BCUT2D eigenvalue weighted by Gasteiger charge is -2.10. The summed E-state index contributed by atoms with van der Waals surface area (Å²) in [5.41, 5.74) is 11.4. The van der Waals surface area contributed by atoms with Crippen LogP contribution < -0.4 is 5.73 Å². The van der Waals surface area contributed by atoms with E-state index in [9.17, 15) is 0 Å². The number of nitrogens with two attached hydrogens (primary N) is 1. The smallest absolute Gasteiger partial charge is 0.0753 e. The lowest BCUT2D eigenvalue weighted by atomic mass is 10.1. The van der Waals surface area contributed by atoms with Crippen LogP contribution in [-0.4, -0.2) is 16.4 Å². The minimum absolute atomic E-state index is 0.572. The van der Waals surface area contributed by atoms with Crippen LogP contribution in [0.5, 0.6) is 0 Å². The Morgan fingerprint density at radius 3 is 2.78 bits per heavy atom. The first-order valence-electron chi connectivity index (χ1n) is 6.24. The molecule has 4 nitrogen and oxygen atoms in total. The SMILES string of the molecule is Cc1c2c(nn1-c1ccc(CN)cc1)CCOC2. The Morgan fingerprint density at radius 1 is 1.33 bits per heavy atom. The van der Waals surface area contributed by atoms with E-state index < -0.39 is 0 Å². The summed E-state index contributed by atoms with van der Waals surface area (Å²) >= 11 is 0. The number of nitrogens with zero attached hydrogens (tertiary/aromatic N) is 2. The van der Waals surface area contributed by atoms with E-state index in [4.69, 9.17) is 10.5 Å². The summed E-state index contributed by atoms with van der Waals surface area (Å²) in [5, 5.41) is 4.68. The molecule has 1 aliphatic rings. The van der Waals surface area contributed by atoms with Crippen LogP contribution in [0.4, 0.5) is 0 Å². The lowest BCUT2D eigenvalue weighted by Crippen LogP contribution is -2.08. The predicted octanol–water partition coefficient (Wildman–Crippen LogP) is 1.71. The quantitative estimate of drug-likeness (QED) is 0.873. The van der Waals surface area contributed by atoms with Crippen molar-refractivity contribution in [2.45, 2.75) is 26.5 Å². The summed E-state index contributed by atoms with van der Waals surface area (Å²) in [6, 6.07) is 8.22. The van der Waals surface area contributed by atoms with Crippen LogP contribution in [0.3, 0.4) is 0 Å². The standard InChI is InChI=1S/C14H17N3O/c1-10-13-9-18-7-6-14(13)16-17(10)12-4-2-11(8-15)3-5-12/h2-5H,6-9,15H2,1H3. The van der Waals surface area contributed by atoms with Crippen LogP contribution in [0.25, 0.3) is 5.69 Å². The Labute approximate surface area is 106 Å². The second kappa shape index (κ2) is 4.55. The molecule has 0 aliphatic carbocycles. The van der Waals surface area contributed by atoms with E-state index in [1.54, 1.807) is 0 Å². The minimum Gasteiger partial charge on any atom is -0.376 e. The van der Waals surface area contributed by atoms with Gasteiger partial charge in [-0.05, 0) is 24.6 Å². The number of hydrogen-bond acceptors (Lipinski definition) is 3. The molecule has 3 rings (SSSR count). The van der Waals surface area contributed by atoms with Gasteiger partial charge in [-0.15, -0.1) is 0 Å². The second-order valence-electron chi connectivity index (χ2n) is 4.60. The molecule has 0 unspecified atom stereocenters. The highest BCUT2D eigenvalue weighted by Crippen LogP contribution is 2.22. The third-order valence-corrected chi connectivity index (χ3v) is 3.47. The summed E-state index contributed by atoms with van der Waals surface area (Å²) in [5.74, 6) is 0. The zero-order valence-corrected chi connectivity index (χ0v) is 10.5. The number of aromatic nitrogens is 2. The summed E-state index contributed by atoms with van der Waals surface area (Å²) in [4.78, 5) is 0. The Morgan fingerprint density at radius 2 is 2.11 bits per heavy atom. The number of hydrogen-bond donors (Lipinski definition) is 1. The maximum Gasteiger partial charge on any atom is 0.0753 e. The fourth-order valence-corrected chi connectivity index (χ4v) is 2.35. The Bertz CT molecular complexity index is 557. The van der Waals surface area contributed by atoms with Crippen LogP contribution in [0.2, 0.25) is 0 Å². The Balaban J connectivity index is 2.02. The fourth-order valence-electron chi connectivity index (χ4n) is 2.35. The topological polar surface area (TPSA) is 53.1 Å². The van der Waals surface area contributed by atoms with Gasteiger partial charge in [0, 0.05) is 24.2 Å². The van der Waals surface area contributed by atoms with E-state index in [0.29, 0.717) is 13.2 Å². The fraction of sp³-hybridized carbons (Fsp3) is 0.357. The minimum atomic E-state index is 0.572. The number of benzene rings is 1. The van der Waals surface area contributed by atoms with E-state index in [-0.39, 0.29) is 0 Å². The van der Waals surface area contributed by atoms with Crippen molar-refractivity contribution in [3.8, 4) is 5.69 Å². The van der Waals surface area contributed by atoms with Crippen molar-refractivity contribution in [2.24, 2.45) is 5.73 Å². The summed E-state index contributed by atoms with van der Waals surface area (Å²) in [7, 11) is 0.